The van der Waals surface area contributed by atoms with Gasteiger partial charge < -0.3 is 10.6 Å². The van der Waals surface area contributed by atoms with Gasteiger partial charge in [-0.3, -0.25) is 10.1 Å². The number of hydrogen-bond acceptors (Lipinski definition) is 6. The van der Waals surface area contributed by atoms with E-state index < -0.39 is 22.5 Å². The van der Waals surface area contributed by atoms with Crippen LogP contribution in [0.4, 0.5) is 40.7 Å². The van der Waals surface area contributed by atoms with E-state index in [1.165, 1.54) is 18.3 Å². The molecule has 0 radical (unpaired) electrons. The molecule has 31 heavy (non-hydrogen) atoms. The Kier molecular flexibility index (Phi) is 5.17. The van der Waals surface area contributed by atoms with E-state index in [4.69, 9.17) is 0 Å². The minimum Gasteiger partial charge on any atom is -0.351 e. The Bertz CT molecular complexity index is 1130. The van der Waals surface area contributed by atoms with E-state index in [1.807, 2.05) is 0 Å². The highest BCUT2D eigenvalue weighted by Crippen LogP contribution is 2.35. The first-order valence-electron chi connectivity index (χ1n) is 9.23. The summed E-state index contributed by atoms with van der Waals surface area (Å²) >= 11 is 0. The molecule has 0 spiro atoms. The van der Waals surface area contributed by atoms with Crippen LogP contribution in [0.15, 0.2) is 48.7 Å². The van der Waals surface area contributed by atoms with E-state index in [-0.39, 0.29) is 29.2 Å². The lowest BCUT2D eigenvalue weighted by Crippen LogP contribution is -2.08. The van der Waals surface area contributed by atoms with Crippen LogP contribution in [-0.2, 0) is 6.18 Å². The van der Waals surface area contributed by atoms with E-state index in [0.717, 1.165) is 43.2 Å². The van der Waals surface area contributed by atoms with Crippen LogP contribution in [0.25, 0.3) is 11.1 Å². The van der Waals surface area contributed by atoms with Crippen LogP contribution in [0.1, 0.15) is 18.4 Å². The monoisotopic (exact) mass is 433 g/mol. The number of anilines is 3. The highest BCUT2D eigenvalue weighted by Gasteiger charge is 2.30. The molecule has 3 aromatic rings. The Morgan fingerprint density at radius 1 is 1.10 bits per heavy atom. The smallest absolute Gasteiger partial charge is 0.351 e. The number of nitro groups is 1. The van der Waals surface area contributed by atoms with E-state index in [9.17, 15) is 27.7 Å². The topological polar surface area (TPSA) is 93.0 Å². The van der Waals surface area contributed by atoms with E-state index >= 15 is 0 Å². The Hall–Kier alpha value is -3.76. The van der Waals surface area contributed by atoms with Crippen molar-refractivity contribution in [2.75, 3.05) is 10.6 Å². The number of halogens is 4. The predicted molar refractivity (Wildman–Crippen MR) is 105 cm³/mol. The number of nitrogens with one attached hydrogen (secondary N) is 2. The van der Waals surface area contributed by atoms with Crippen molar-refractivity contribution in [1.29, 1.82) is 0 Å². The normalized spacial score (nSPS) is 13.7. The molecule has 4 rings (SSSR count). The molecule has 7 nitrogen and oxygen atoms in total. The summed E-state index contributed by atoms with van der Waals surface area (Å²) < 4.78 is 52.9. The first-order chi connectivity index (χ1) is 14.7. The van der Waals surface area contributed by atoms with Gasteiger partial charge in [0.05, 0.1) is 16.2 Å². The molecule has 1 saturated carbocycles. The highest BCUT2D eigenvalue weighted by molar-refractivity contribution is 5.79. The largest absolute Gasteiger partial charge is 0.416 e. The van der Waals surface area contributed by atoms with Crippen LogP contribution in [0.2, 0.25) is 0 Å². The second-order valence-corrected chi connectivity index (χ2v) is 7.00. The maximum absolute atomic E-state index is 14.3. The van der Waals surface area contributed by atoms with Crippen molar-refractivity contribution in [3.05, 3.63) is 70.2 Å². The van der Waals surface area contributed by atoms with Gasteiger partial charge in [-0.15, -0.1) is 0 Å². The molecular formula is C20H15F4N5O2. The van der Waals surface area contributed by atoms with Crippen molar-refractivity contribution in [3.8, 4) is 11.1 Å². The number of nitrogens with zero attached hydrogens (tertiary/aromatic N) is 3. The first kappa shape index (κ1) is 20.5. The molecule has 1 fully saturated rings. The van der Waals surface area contributed by atoms with Crippen molar-refractivity contribution in [3.63, 3.8) is 0 Å². The molecule has 1 aliphatic rings. The molecule has 1 aromatic heterocycles. The Labute approximate surface area is 173 Å². The van der Waals surface area contributed by atoms with Crippen LogP contribution in [0, 0.1) is 15.9 Å². The van der Waals surface area contributed by atoms with Crippen molar-refractivity contribution in [1.82, 2.24) is 9.97 Å². The molecule has 0 amide bonds. The maximum atomic E-state index is 14.3. The van der Waals surface area contributed by atoms with Crippen LogP contribution in [0.5, 0.6) is 0 Å². The summed E-state index contributed by atoms with van der Waals surface area (Å²) in [5.74, 6) is -0.400. The summed E-state index contributed by atoms with van der Waals surface area (Å²) in [4.78, 5) is 18.9. The number of alkyl halides is 3. The second-order valence-electron chi connectivity index (χ2n) is 7.00. The second kappa shape index (κ2) is 7.82. The van der Waals surface area contributed by atoms with Gasteiger partial charge in [0.25, 0.3) is 5.69 Å². The number of benzene rings is 2. The van der Waals surface area contributed by atoms with Crippen molar-refractivity contribution >= 4 is 23.1 Å². The summed E-state index contributed by atoms with van der Waals surface area (Å²) in [6.07, 6.45) is -1.18. The van der Waals surface area contributed by atoms with Crippen LogP contribution < -0.4 is 10.6 Å². The first-order valence-corrected chi connectivity index (χ1v) is 9.23. The standard InChI is InChI=1S/C20H15F4N5O2/c21-16-8-7-14(29(30)31)9-17(16)27-18-15(10-25-19(28-18)26-13-5-6-13)11-1-3-12(4-2-11)20(22,23)24/h1-4,7-10,13H,5-6H2,(H2,25,26,27,28). The van der Waals surface area contributed by atoms with Gasteiger partial charge >= 0.3 is 6.18 Å². The van der Waals surface area contributed by atoms with Crippen LogP contribution in [-0.4, -0.2) is 20.9 Å². The summed E-state index contributed by atoms with van der Waals surface area (Å²) in [6.45, 7) is 0. The third-order valence-electron chi connectivity index (χ3n) is 4.64. The molecule has 160 valence electrons. The molecule has 0 atom stereocenters. The minimum absolute atomic E-state index is 0.0947. The van der Waals surface area contributed by atoms with Gasteiger partial charge in [-0.1, -0.05) is 12.1 Å². The Morgan fingerprint density at radius 3 is 2.42 bits per heavy atom. The summed E-state index contributed by atoms with van der Waals surface area (Å²) in [5.41, 5.74) is -0.674. The van der Waals surface area contributed by atoms with Gasteiger partial charge in [0.2, 0.25) is 5.95 Å². The average molecular weight is 433 g/mol. The lowest BCUT2D eigenvalue weighted by atomic mass is 10.1. The number of non-ortho nitro benzene ring substituents is 1. The summed E-state index contributed by atoms with van der Waals surface area (Å²) in [7, 11) is 0. The molecule has 0 aliphatic heterocycles. The van der Waals surface area contributed by atoms with E-state index in [2.05, 4.69) is 20.6 Å². The van der Waals surface area contributed by atoms with Gasteiger partial charge in [0, 0.05) is 29.9 Å². The molecule has 0 bridgehead atoms. The molecule has 1 aliphatic carbocycles. The fourth-order valence-corrected chi connectivity index (χ4v) is 2.86. The van der Waals surface area contributed by atoms with Crippen molar-refractivity contribution < 1.29 is 22.5 Å². The fraction of sp³-hybridized carbons (Fsp3) is 0.200. The maximum Gasteiger partial charge on any atom is 0.416 e. The molecule has 2 aromatic carbocycles. The quantitative estimate of drug-likeness (QED) is 0.302. The molecular weight excluding hydrogens is 418 g/mol. The van der Waals surface area contributed by atoms with Crippen molar-refractivity contribution in [2.45, 2.75) is 25.1 Å². The zero-order valence-electron chi connectivity index (χ0n) is 15.8. The van der Waals surface area contributed by atoms with Gasteiger partial charge in [0.15, 0.2) is 0 Å². The third kappa shape index (κ3) is 4.71. The van der Waals surface area contributed by atoms with Gasteiger partial charge in [-0.25, -0.2) is 9.37 Å². The van der Waals surface area contributed by atoms with Gasteiger partial charge in [-0.05, 0) is 36.6 Å². The number of aromatic nitrogens is 2. The zero-order chi connectivity index (χ0) is 22.2. The SMILES string of the molecule is O=[N+]([O-])c1ccc(F)c(Nc2nc(NC3CC3)ncc2-c2ccc(C(F)(F)F)cc2)c1. The van der Waals surface area contributed by atoms with Crippen LogP contribution >= 0.6 is 0 Å². The Morgan fingerprint density at radius 2 is 1.81 bits per heavy atom. The predicted octanol–water partition coefficient (Wildman–Crippen LogP) is 5.53. The highest BCUT2D eigenvalue weighted by atomic mass is 19.4. The minimum atomic E-state index is -4.49. The molecule has 11 heteroatoms. The van der Waals surface area contributed by atoms with E-state index in [0.29, 0.717) is 11.1 Å². The van der Waals surface area contributed by atoms with E-state index in [1.54, 1.807) is 0 Å². The van der Waals surface area contributed by atoms with Gasteiger partial charge in [-0.2, -0.15) is 18.2 Å². The van der Waals surface area contributed by atoms with Crippen LogP contribution in [0.3, 0.4) is 0 Å². The summed E-state index contributed by atoms with van der Waals surface area (Å²) in [5, 5.41) is 16.8. The summed E-state index contributed by atoms with van der Waals surface area (Å²) in [6, 6.07) is 7.56. The Balaban J connectivity index is 1.74. The lowest BCUT2D eigenvalue weighted by Gasteiger charge is -2.14. The number of nitro benzene ring substituents is 1. The molecule has 2 N–H and O–H groups in total. The van der Waals surface area contributed by atoms with Crippen molar-refractivity contribution in [2.24, 2.45) is 0 Å². The molecule has 1 heterocycles. The number of rotatable bonds is 6. The van der Waals surface area contributed by atoms with Gasteiger partial charge in [0.1, 0.15) is 11.6 Å². The zero-order valence-corrected chi connectivity index (χ0v) is 15.8. The lowest BCUT2D eigenvalue weighted by molar-refractivity contribution is -0.384. The number of hydrogen-bond donors (Lipinski definition) is 2. The third-order valence-corrected chi connectivity index (χ3v) is 4.64. The molecule has 0 unspecified atom stereocenters. The fourth-order valence-electron chi connectivity index (χ4n) is 2.86. The molecule has 0 saturated heterocycles. The average Bonchev–Trinajstić information content (AvgIpc) is 3.53.